The molecule has 1 rings (SSSR count). The van der Waals surface area contributed by atoms with E-state index >= 15 is 0 Å². The number of hydrogen-bond donors (Lipinski definition) is 1. The molecule has 110 valence electrons. The van der Waals surface area contributed by atoms with Crippen LogP contribution in [0.15, 0.2) is 24.3 Å². The second-order valence-corrected chi connectivity index (χ2v) is 4.71. The highest BCUT2D eigenvalue weighted by Gasteiger charge is 2.08. The first-order chi connectivity index (χ1) is 9.40. The molecule has 0 heterocycles. The van der Waals surface area contributed by atoms with Crippen molar-refractivity contribution in [1.82, 2.24) is 9.80 Å². The van der Waals surface area contributed by atoms with Crippen LogP contribution in [-0.4, -0.2) is 67.6 Å². The molecule has 0 unspecified atom stereocenters. The number of carboxylic acids is 1. The summed E-state index contributed by atoms with van der Waals surface area (Å²) in [5, 5.41) is 8.87. The van der Waals surface area contributed by atoms with Gasteiger partial charge in [0.2, 0.25) is 5.91 Å². The lowest BCUT2D eigenvalue weighted by atomic mass is 10.2. The SMILES string of the molecule is CN(CCOc1cccc(C(=O)O)c1)CC(=O)N(C)C. The molecule has 0 fully saturated rings. The number of carbonyl (C=O) groups excluding carboxylic acids is 1. The summed E-state index contributed by atoms with van der Waals surface area (Å²) in [5.74, 6) is -0.443. The van der Waals surface area contributed by atoms with Crippen LogP contribution >= 0.6 is 0 Å². The van der Waals surface area contributed by atoms with Crippen LogP contribution in [0.3, 0.4) is 0 Å². The van der Waals surface area contributed by atoms with E-state index in [1.165, 1.54) is 17.0 Å². The zero-order chi connectivity index (χ0) is 15.1. The van der Waals surface area contributed by atoms with Crippen LogP contribution < -0.4 is 4.74 Å². The van der Waals surface area contributed by atoms with Crippen molar-refractivity contribution in [3.8, 4) is 5.75 Å². The number of nitrogens with zero attached hydrogens (tertiary/aromatic N) is 2. The lowest BCUT2D eigenvalue weighted by Crippen LogP contribution is -2.36. The number of rotatable bonds is 7. The van der Waals surface area contributed by atoms with Crippen molar-refractivity contribution >= 4 is 11.9 Å². The number of carbonyl (C=O) groups is 2. The average Bonchev–Trinajstić information content (AvgIpc) is 2.38. The van der Waals surface area contributed by atoms with Gasteiger partial charge in [0.15, 0.2) is 0 Å². The molecule has 0 spiro atoms. The number of amides is 1. The van der Waals surface area contributed by atoms with Gasteiger partial charge in [-0.3, -0.25) is 9.69 Å². The van der Waals surface area contributed by atoms with Crippen molar-refractivity contribution in [3.05, 3.63) is 29.8 Å². The van der Waals surface area contributed by atoms with Crippen molar-refractivity contribution < 1.29 is 19.4 Å². The van der Waals surface area contributed by atoms with Crippen molar-refractivity contribution in [1.29, 1.82) is 0 Å². The second-order valence-electron chi connectivity index (χ2n) is 4.71. The maximum Gasteiger partial charge on any atom is 0.335 e. The van der Waals surface area contributed by atoms with Crippen molar-refractivity contribution in [2.45, 2.75) is 0 Å². The third-order valence-electron chi connectivity index (χ3n) is 2.73. The van der Waals surface area contributed by atoms with Gasteiger partial charge in [-0.15, -0.1) is 0 Å². The van der Waals surface area contributed by atoms with E-state index in [0.29, 0.717) is 25.4 Å². The minimum absolute atomic E-state index is 0.0281. The van der Waals surface area contributed by atoms with Crippen LogP contribution in [0.2, 0.25) is 0 Å². The van der Waals surface area contributed by atoms with Gasteiger partial charge in [0.25, 0.3) is 0 Å². The van der Waals surface area contributed by atoms with Crippen molar-refractivity contribution in [2.75, 3.05) is 40.8 Å². The van der Waals surface area contributed by atoms with Gasteiger partial charge < -0.3 is 14.7 Å². The summed E-state index contributed by atoms with van der Waals surface area (Å²) in [6.07, 6.45) is 0. The van der Waals surface area contributed by atoms with E-state index in [4.69, 9.17) is 9.84 Å². The molecule has 0 aliphatic rings. The van der Waals surface area contributed by atoms with Gasteiger partial charge in [-0.1, -0.05) is 6.07 Å². The first-order valence-corrected chi connectivity index (χ1v) is 6.25. The summed E-state index contributed by atoms with van der Waals surface area (Å²) >= 11 is 0. The molecule has 20 heavy (non-hydrogen) atoms. The van der Waals surface area contributed by atoms with E-state index in [9.17, 15) is 9.59 Å². The van der Waals surface area contributed by atoms with Gasteiger partial charge >= 0.3 is 5.97 Å². The Hall–Kier alpha value is -2.08. The fourth-order valence-electron chi connectivity index (χ4n) is 1.49. The second kappa shape index (κ2) is 7.49. The zero-order valence-electron chi connectivity index (χ0n) is 12.0. The highest BCUT2D eigenvalue weighted by Crippen LogP contribution is 2.13. The quantitative estimate of drug-likeness (QED) is 0.799. The molecule has 1 aromatic carbocycles. The summed E-state index contributed by atoms with van der Waals surface area (Å²) in [7, 11) is 5.26. The Bertz CT molecular complexity index is 474. The third kappa shape index (κ3) is 5.27. The highest BCUT2D eigenvalue weighted by molar-refractivity contribution is 5.88. The third-order valence-corrected chi connectivity index (χ3v) is 2.73. The molecule has 0 atom stereocenters. The molecule has 0 saturated carbocycles. The maximum atomic E-state index is 11.5. The Morgan fingerprint density at radius 2 is 1.95 bits per heavy atom. The Morgan fingerprint density at radius 1 is 1.25 bits per heavy atom. The number of likely N-dealkylation sites (N-methyl/N-ethyl adjacent to an activating group) is 2. The number of hydrogen-bond acceptors (Lipinski definition) is 4. The van der Waals surface area contributed by atoms with Gasteiger partial charge in [-0.25, -0.2) is 4.79 Å². The molecular weight excluding hydrogens is 260 g/mol. The number of benzene rings is 1. The van der Waals surface area contributed by atoms with E-state index in [1.54, 1.807) is 26.2 Å². The van der Waals surface area contributed by atoms with Crippen LogP contribution in [-0.2, 0) is 4.79 Å². The Kier molecular flexibility index (Phi) is 5.99. The Morgan fingerprint density at radius 3 is 2.55 bits per heavy atom. The van der Waals surface area contributed by atoms with Gasteiger partial charge in [-0.2, -0.15) is 0 Å². The molecular formula is C14H20N2O4. The first-order valence-electron chi connectivity index (χ1n) is 6.25. The number of ether oxygens (including phenoxy) is 1. The topological polar surface area (TPSA) is 70.1 Å². The summed E-state index contributed by atoms with van der Waals surface area (Å²) < 4.78 is 5.48. The molecule has 6 heteroatoms. The normalized spacial score (nSPS) is 10.4. The predicted octanol–water partition coefficient (Wildman–Crippen LogP) is 0.784. The van der Waals surface area contributed by atoms with Crippen LogP contribution in [0.1, 0.15) is 10.4 Å². The van der Waals surface area contributed by atoms with Crippen LogP contribution in [0, 0.1) is 0 Å². The Balaban J connectivity index is 2.39. The molecule has 1 amide bonds. The zero-order valence-corrected chi connectivity index (χ0v) is 12.0. The molecule has 6 nitrogen and oxygen atoms in total. The van der Waals surface area contributed by atoms with Crippen molar-refractivity contribution in [2.24, 2.45) is 0 Å². The van der Waals surface area contributed by atoms with Gasteiger partial charge in [0.05, 0.1) is 12.1 Å². The molecule has 0 aliphatic heterocycles. The van der Waals surface area contributed by atoms with Crippen LogP contribution in [0.25, 0.3) is 0 Å². The summed E-state index contributed by atoms with van der Waals surface area (Å²) in [4.78, 5) is 25.7. The summed E-state index contributed by atoms with van der Waals surface area (Å²) in [5.41, 5.74) is 0.193. The van der Waals surface area contributed by atoms with E-state index in [1.807, 2.05) is 11.9 Å². The van der Waals surface area contributed by atoms with E-state index in [2.05, 4.69) is 0 Å². The van der Waals surface area contributed by atoms with Crippen LogP contribution in [0.4, 0.5) is 0 Å². The molecule has 0 aliphatic carbocycles. The van der Waals surface area contributed by atoms with Crippen LogP contribution in [0.5, 0.6) is 5.75 Å². The van der Waals surface area contributed by atoms with E-state index in [-0.39, 0.29) is 11.5 Å². The van der Waals surface area contributed by atoms with Gasteiger partial charge in [-0.05, 0) is 25.2 Å². The fourth-order valence-corrected chi connectivity index (χ4v) is 1.49. The molecule has 0 aromatic heterocycles. The van der Waals surface area contributed by atoms with E-state index < -0.39 is 5.97 Å². The average molecular weight is 280 g/mol. The van der Waals surface area contributed by atoms with Gasteiger partial charge in [0, 0.05) is 20.6 Å². The van der Waals surface area contributed by atoms with E-state index in [0.717, 1.165) is 0 Å². The number of carboxylic acid groups (broad SMARTS) is 1. The molecule has 0 bridgehead atoms. The standard InChI is InChI=1S/C14H20N2O4/c1-15(2)13(17)10-16(3)7-8-20-12-6-4-5-11(9-12)14(18)19/h4-6,9H,7-8,10H2,1-3H3,(H,18,19). The maximum absolute atomic E-state index is 11.5. The minimum Gasteiger partial charge on any atom is -0.492 e. The molecule has 0 saturated heterocycles. The first kappa shape index (κ1) is 16.0. The highest BCUT2D eigenvalue weighted by atomic mass is 16.5. The predicted molar refractivity (Wildman–Crippen MR) is 75.1 cm³/mol. The summed E-state index contributed by atoms with van der Waals surface area (Å²) in [6.45, 7) is 1.29. The smallest absolute Gasteiger partial charge is 0.335 e. The lowest BCUT2D eigenvalue weighted by molar-refractivity contribution is -0.129. The lowest BCUT2D eigenvalue weighted by Gasteiger charge is -2.19. The van der Waals surface area contributed by atoms with Crippen molar-refractivity contribution in [3.63, 3.8) is 0 Å². The monoisotopic (exact) mass is 280 g/mol. The van der Waals surface area contributed by atoms with Gasteiger partial charge in [0.1, 0.15) is 12.4 Å². The molecule has 1 aromatic rings. The summed E-state index contributed by atoms with van der Waals surface area (Å²) in [6, 6.07) is 6.33. The molecule has 1 N–H and O–H groups in total. The number of aromatic carboxylic acids is 1. The fraction of sp³-hybridized carbons (Fsp3) is 0.429. The minimum atomic E-state index is -0.982. The molecule has 0 radical (unpaired) electrons. The largest absolute Gasteiger partial charge is 0.492 e. The Labute approximate surface area is 118 Å².